The van der Waals surface area contributed by atoms with Crippen LogP contribution < -0.4 is 5.32 Å². The smallest absolute Gasteiger partial charge is 0.236 e. The molecule has 1 N–H and O–H groups in total. The summed E-state index contributed by atoms with van der Waals surface area (Å²) in [6, 6.07) is 20.6. The van der Waals surface area contributed by atoms with E-state index in [-0.39, 0.29) is 5.91 Å². The third kappa shape index (κ3) is 6.28. The van der Waals surface area contributed by atoms with Crippen molar-refractivity contribution in [1.82, 2.24) is 10.2 Å². The van der Waals surface area contributed by atoms with Crippen molar-refractivity contribution < 1.29 is 4.79 Å². The van der Waals surface area contributed by atoms with Crippen molar-refractivity contribution in [3.63, 3.8) is 0 Å². The third-order valence-electron chi connectivity index (χ3n) is 3.76. The number of aryl methyl sites for hydroxylation is 2. The highest BCUT2D eigenvalue weighted by molar-refractivity contribution is 7.99. The van der Waals surface area contributed by atoms with Crippen LogP contribution in [0.2, 0.25) is 0 Å². The molecule has 0 fully saturated rings. The largest absolute Gasteiger partial charge is 0.300 e. The average molecular weight is 384 g/mol. The summed E-state index contributed by atoms with van der Waals surface area (Å²) >= 11 is 3.06. The molecule has 1 heterocycles. The molecule has 0 atom stereocenters. The molecule has 3 rings (SSSR count). The van der Waals surface area contributed by atoms with Gasteiger partial charge in [-0.1, -0.05) is 72.0 Å². The summed E-state index contributed by atoms with van der Waals surface area (Å²) < 4.78 is 0. The van der Waals surface area contributed by atoms with Gasteiger partial charge in [0.05, 0.1) is 5.75 Å². The molecule has 0 saturated carbocycles. The first-order valence-electron chi connectivity index (χ1n) is 8.57. The van der Waals surface area contributed by atoms with Crippen molar-refractivity contribution in [2.45, 2.75) is 25.0 Å². The van der Waals surface area contributed by atoms with Gasteiger partial charge >= 0.3 is 0 Å². The molecule has 0 bridgehead atoms. The molecule has 134 valence electrons. The van der Waals surface area contributed by atoms with Gasteiger partial charge in [-0.15, -0.1) is 22.0 Å². The highest BCUT2D eigenvalue weighted by Crippen LogP contribution is 2.18. The van der Waals surface area contributed by atoms with Gasteiger partial charge in [0.25, 0.3) is 0 Å². The van der Waals surface area contributed by atoms with Gasteiger partial charge < -0.3 is 0 Å². The van der Waals surface area contributed by atoms with E-state index in [0.717, 1.165) is 30.0 Å². The van der Waals surface area contributed by atoms with Crippen LogP contribution in [0.25, 0.3) is 0 Å². The number of carbonyl (C=O) groups is 1. The topological polar surface area (TPSA) is 54.9 Å². The zero-order chi connectivity index (χ0) is 18.0. The van der Waals surface area contributed by atoms with Gasteiger partial charge in [0, 0.05) is 12.2 Å². The minimum absolute atomic E-state index is 0.0297. The van der Waals surface area contributed by atoms with Crippen LogP contribution in [0.3, 0.4) is 0 Å². The first-order chi connectivity index (χ1) is 12.8. The highest BCUT2D eigenvalue weighted by atomic mass is 32.2. The molecule has 0 saturated heterocycles. The van der Waals surface area contributed by atoms with Gasteiger partial charge in [0.15, 0.2) is 0 Å². The molecule has 26 heavy (non-hydrogen) atoms. The van der Waals surface area contributed by atoms with E-state index in [0.29, 0.717) is 10.9 Å². The van der Waals surface area contributed by atoms with E-state index < -0.39 is 0 Å². The van der Waals surface area contributed by atoms with Crippen LogP contribution >= 0.6 is 23.1 Å². The Bertz CT molecular complexity index is 806. The second-order valence-corrected chi connectivity index (χ2v) is 7.91. The number of carbonyl (C=O) groups excluding carboxylic acids is 1. The zero-order valence-electron chi connectivity index (χ0n) is 14.4. The van der Waals surface area contributed by atoms with E-state index in [9.17, 15) is 4.79 Å². The molecule has 6 heteroatoms. The molecular weight excluding hydrogens is 362 g/mol. The van der Waals surface area contributed by atoms with Gasteiger partial charge in [0.2, 0.25) is 11.0 Å². The first-order valence-corrected chi connectivity index (χ1v) is 10.5. The number of nitrogens with zero attached hydrogens (tertiary/aromatic N) is 2. The van der Waals surface area contributed by atoms with Gasteiger partial charge in [0.1, 0.15) is 5.01 Å². The van der Waals surface area contributed by atoms with Crippen molar-refractivity contribution in [3.8, 4) is 0 Å². The Morgan fingerprint density at radius 3 is 2.35 bits per heavy atom. The van der Waals surface area contributed by atoms with E-state index in [1.807, 2.05) is 24.3 Å². The maximum Gasteiger partial charge on any atom is 0.236 e. The molecule has 0 aliphatic carbocycles. The monoisotopic (exact) mass is 383 g/mol. The summed E-state index contributed by atoms with van der Waals surface area (Å²) in [6.45, 7) is 0. The molecule has 0 radical (unpaired) electrons. The van der Waals surface area contributed by atoms with E-state index in [1.165, 1.54) is 22.5 Å². The Morgan fingerprint density at radius 2 is 1.62 bits per heavy atom. The molecule has 0 unspecified atom stereocenters. The molecule has 2 aromatic carbocycles. The van der Waals surface area contributed by atoms with Crippen LogP contribution in [0.15, 0.2) is 60.7 Å². The van der Waals surface area contributed by atoms with Crippen LogP contribution in [0.1, 0.15) is 22.6 Å². The zero-order valence-corrected chi connectivity index (χ0v) is 16.1. The Balaban J connectivity index is 1.36. The number of hydrogen-bond acceptors (Lipinski definition) is 5. The SMILES string of the molecule is O=C(CSCc1ccccc1)Nc1nnc(CCCc2ccccc2)s1. The average Bonchev–Trinajstić information content (AvgIpc) is 3.10. The molecular formula is C20H21N3OS2. The summed E-state index contributed by atoms with van der Waals surface area (Å²) in [5.74, 6) is 1.21. The number of aromatic nitrogens is 2. The van der Waals surface area contributed by atoms with E-state index >= 15 is 0 Å². The lowest BCUT2D eigenvalue weighted by Crippen LogP contribution is -2.13. The minimum Gasteiger partial charge on any atom is -0.300 e. The normalized spacial score (nSPS) is 10.6. The molecule has 0 spiro atoms. The fourth-order valence-corrected chi connectivity index (χ4v) is 4.07. The number of nitrogens with one attached hydrogen (secondary N) is 1. The maximum absolute atomic E-state index is 12.0. The lowest BCUT2D eigenvalue weighted by molar-refractivity contribution is -0.113. The standard InChI is InChI=1S/C20H21N3OS2/c24-18(15-25-14-17-10-5-2-6-11-17)21-20-23-22-19(26-20)13-7-12-16-8-3-1-4-9-16/h1-6,8-11H,7,12-15H2,(H,21,23,24). The molecule has 0 aliphatic rings. The molecule has 4 nitrogen and oxygen atoms in total. The van der Waals surface area contributed by atoms with Crippen molar-refractivity contribution in [2.75, 3.05) is 11.1 Å². The van der Waals surface area contributed by atoms with E-state index in [2.05, 4.69) is 51.9 Å². The van der Waals surface area contributed by atoms with Crippen LogP contribution in [-0.4, -0.2) is 21.9 Å². The number of amides is 1. The highest BCUT2D eigenvalue weighted by Gasteiger charge is 2.08. The first kappa shape index (κ1) is 18.6. The Labute approximate surface area is 162 Å². The van der Waals surface area contributed by atoms with E-state index in [1.54, 1.807) is 11.8 Å². The van der Waals surface area contributed by atoms with E-state index in [4.69, 9.17) is 0 Å². The maximum atomic E-state index is 12.0. The summed E-state index contributed by atoms with van der Waals surface area (Å²) in [6.07, 6.45) is 2.93. The van der Waals surface area contributed by atoms with Crippen molar-refractivity contribution in [2.24, 2.45) is 0 Å². The van der Waals surface area contributed by atoms with Crippen LogP contribution in [-0.2, 0) is 23.4 Å². The number of hydrogen-bond donors (Lipinski definition) is 1. The molecule has 3 aromatic rings. The Hall–Kier alpha value is -2.18. The summed E-state index contributed by atoms with van der Waals surface area (Å²) in [4.78, 5) is 12.0. The minimum atomic E-state index is -0.0297. The summed E-state index contributed by atoms with van der Waals surface area (Å²) in [7, 11) is 0. The lowest BCUT2D eigenvalue weighted by atomic mass is 10.1. The van der Waals surface area contributed by atoms with Crippen LogP contribution in [0.4, 0.5) is 5.13 Å². The van der Waals surface area contributed by atoms with Crippen molar-refractivity contribution in [3.05, 3.63) is 76.8 Å². The summed E-state index contributed by atoms with van der Waals surface area (Å²) in [5, 5.41) is 12.6. The second kappa shape index (κ2) is 10.1. The van der Waals surface area contributed by atoms with Gasteiger partial charge in [-0.2, -0.15) is 0 Å². The van der Waals surface area contributed by atoms with Crippen LogP contribution in [0.5, 0.6) is 0 Å². The predicted octanol–water partition coefficient (Wildman–Crippen LogP) is 4.59. The fourth-order valence-electron chi connectivity index (χ4n) is 2.48. The number of thioether (sulfide) groups is 1. The predicted molar refractivity (Wildman–Crippen MR) is 110 cm³/mol. The summed E-state index contributed by atoms with van der Waals surface area (Å²) in [5.41, 5.74) is 2.56. The van der Waals surface area contributed by atoms with Gasteiger partial charge in [-0.3, -0.25) is 10.1 Å². The van der Waals surface area contributed by atoms with Gasteiger partial charge in [-0.05, 0) is 24.0 Å². The van der Waals surface area contributed by atoms with Crippen molar-refractivity contribution in [1.29, 1.82) is 0 Å². The molecule has 1 aromatic heterocycles. The molecule has 1 amide bonds. The van der Waals surface area contributed by atoms with Gasteiger partial charge in [-0.25, -0.2) is 0 Å². The number of benzene rings is 2. The lowest BCUT2D eigenvalue weighted by Gasteiger charge is -2.02. The molecule has 0 aliphatic heterocycles. The fraction of sp³-hybridized carbons (Fsp3) is 0.250. The third-order valence-corrected chi connectivity index (χ3v) is 5.66. The Morgan fingerprint density at radius 1 is 0.923 bits per heavy atom. The second-order valence-electron chi connectivity index (χ2n) is 5.87. The Kier molecular flexibility index (Phi) is 7.22. The van der Waals surface area contributed by atoms with Crippen LogP contribution in [0, 0.1) is 0 Å². The number of anilines is 1. The van der Waals surface area contributed by atoms with Crippen molar-refractivity contribution >= 4 is 34.1 Å². The number of rotatable bonds is 9. The quantitative estimate of drug-likeness (QED) is 0.587.